The van der Waals surface area contributed by atoms with E-state index in [4.69, 9.17) is 5.73 Å². The van der Waals surface area contributed by atoms with E-state index >= 15 is 0 Å². The second-order valence-corrected chi connectivity index (χ2v) is 5.51. The van der Waals surface area contributed by atoms with Gasteiger partial charge < -0.3 is 21.5 Å². The number of nitrogens with two attached hydrogens (primary N) is 1. The van der Waals surface area contributed by atoms with Gasteiger partial charge in [-0.15, -0.1) is 0 Å². The minimum atomic E-state index is -0.604. The molecular weight excluding hydrogens is 246 g/mol. The fraction of sp³-hybridized carbons (Fsp3) is 0.846. The zero-order valence-corrected chi connectivity index (χ0v) is 11.7. The predicted octanol–water partition coefficient (Wildman–Crippen LogP) is -0.494. The Labute approximate surface area is 114 Å². The Hall–Kier alpha value is -1.14. The average Bonchev–Trinajstić information content (AvgIpc) is 2.37. The second kappa shape index (κ2) is 7.45. The van der Waals surface area contributed by atoms with Gasteiger partial charge in [0.25, 0.3) is 0 Å². The molecule has 0 aromatic rings. The van der Waals surface area contributed by atoms with Crippen molar-refractivity contribution >= 4 is 11.8 Å². The highest BCUT2D eigenvalue weighted by Crippen LogP contribution is 2.18. The smallest absolute Gasteiger partial charge is 0.239 e. The maximum atomic E-state index is 11.7. The van der Waals surface area contributed by atoms with E-state index in [0.29, 0.717) is 0 Å². The topological polar surface area (TPSA) is 104 Å². The third-order valence-electron chi connectivity index (χ3n) is 3.52. The monoisotopic (exact) mass is 271 g/mol. The summed E-state index contributed by atoms with van der Waals surface area (Å²) in [5, 5.41) is 15.0. The van der Waals surface area contributed by atoms with Gasteiger partial charge in [0.2, 0.25) is 11.8 Å². The molecule has 0 aliphatic heterocycles. The average molecular weight is 271 g/mol. The normalized spacial score (nSPS) is 24.9. The van der Waals surface area contributed by atoms with Crippen molar-refractivity contribution in [3.8, 4) is 0 Å². The molecular formula is C13H25N3O3. The maximum absolute atomic E-state index is 11.7. The zero-order chi connectivity index (χ0) is 14.4. The summed E-state index contributed by atoms with van der Waals surface area (Å²) in [6.07, 6.45) is 3.02. The molecule has 0 aromatic carbocycles. The maximum Gasteiger partial charge on any atom is 0.239 e. The van der Waals surface area contributed by atoms with Crippen LogP contribution in [0.3, 0.4) is 0 Å². The summed E-state index contributed by atoms with van der Waals surface area (Å²) >= 11 is 0. The van der Waals surface area contributed by atoms with E-state index in [1.165, 1.54) is 0 Å². The summed E-state index contributed by atoms with van der Waals surface area (Å²) in [5.41, 5.74) is 5.67. The molecule has 1 rings (SSSR count). The molecule has 19 heavy (non-hydrogen) atoms. The molecule has 6 nitrogen and oxygen atoms in total. The molecule has 1 aliphatic rings. The second-order valence-electron chi connectivity index (χ2n) is 5.51. The van der Waals surface area contributed by atoms with Crippen molar-refractivity contribution in [2.75, 3.05) is 6.54 Å². The van der Waals surface area contributed by atoms with Crippen LogP contribution in [0, 0.1) is 5.92 Å². The molecule has 2 unspecified atom stereocenters. The van der Waals surface area contributed by atoms with Crippen molar-refractivity contribution in [2.45, 2.75) is 57.7 Å². The van der Waals surface area contributed by atoms with Gasteiger partial charge in [0.1, 0.15) is 0 Å². The van der Waals surface area contributed by atoms with Crippen molar-refractivity contribution in [2.24, 2.45) is 11.7 Å². The van der Waals surface area contributed by atoms with Crippen molar-refractivity contribution in [1.29, 1.82) is 0 Å². The first-order valence-corrected chi connectivity index (χ1v) is 6.92. The fourth-order valence-electron chi connectivity index (χ4n) is 2.13. The standard InChI is InChI=1S/C13H25N3O3/c1-8(2)12(14)13(19)15-7-11(18)16-9-5-3-4-6-10(9)17/h8-10,12,17H,3-7,14H2,1-2H3,(H,15,19)(H,16,18)/t9?,10?,12-/m0/s1. The van der Waals surface area contributed by atoms with E-state index in [2.05, 4.69) is 10.6 Å². The van der Waals surface area contributed by atoms with E-state index in [1.807, 2.05) is 13.8 Å². The Morgan fingerprint density at radius 3 is 2.53 bits per heavy atom. The lowest BCUT2D eigenvalue weighted by molar-refractivity contribution is -0.128. The number of nitrogens with one attached hydrogen (secondary N) is 2. The lowest BCUT2D eigenvalue weighted by atomic mass is 9.92. The summed E-state index contributed by atoms with van der Waals surface area (Å²) in [6, 6.07) is -0.801. The largest absolute Gasteiger partial charge is 0.391 e. The molecule has 0 radical (unpaired) electrons. The Balaban J connectivity index is 2.29. The van der Waals surface area contributed by atoms with Crippen LogP contribution in [-0.2, 0) is 9.59 Å². The molecule has 6 heteroatoms. The van der Waals surface area contributed by atoms with Crippen LogP contribution >= 0.6 is 0 Å². The summed E-state index contributed by atoms with van der Waals surface area (Å²) in [6.45, 7) is 3.61. The number of aliphatic hydroxyl groups is 1. The number of hydrogen-bond donors (Lipinski definition) is 4. The lowest BCUT2D eigenvalue weighted by Gasteiger charge is -2.28. The SMILES string of the molecule is CC(C)[C@H](N)C(=O)NCC(=O)NC1CCCCC1O. The molecule has 110 valence electrons. The van der Waals surface area contributed by atoms with Gasteiger partial charge in [-0.3, -0.25) is 9.59 Å². The van der Waals surface area contributed by atoms with Crippen LogP contribution in [0.2, 0.25) is 0 Å². The highest BCUT2D eigenvalue weighted by molar-refractivity contribution is 5.87. The molecule has 0 spiro atoms. The number of rotatable bonds is 5. The van der Waals surface area contributed by atoms with Crippen molar-refractivity contribution in [3.05, 3.63) is 0 Å². The van der Waals surface area contributed by atoms with Gasteiger partial charge in [-0.2, -0.15) is 0 Å². The van der Waals surface area contributed by atoms with Gasteiger partial charge in [0.15, 0.2) is 0 Å². The number of hydrogen-bond acceptors (Lipinski definition) is 4. The number of carbonyl (C=O) groups is 2. The summed E-state index contributed by atoms with van der Waals surface area (Å²) in [5.74, 6) is -0.576. The van der Waals surface area contributed by atoms with Crippen LogP contribution < -0.4 is 16.4 Å². The highest BCUT2D eigenvalue weighted by Gasteiger charge is 2.24. The predicted molar refractivity (Wildman–Crippen MR) is 72.2 cm³/mol. The molecule has 3 atom stereocenters. The first kappa shape index (κ1) is 15.9. The van der Waals surface area contributed by atoms with Crippen LogP contribution in [0.15, 0.2) is 0 Å². The summed E-state index contributed by atoms with van der Waals surface area (Å²) in [4.78, 5) is 23.3. The third-order valence-corrected chi connectivity index (χ3v) is 3.52. The molecule has 1 aliphatic carbocycles. The summed E-state index contributed by atoms with van der Waals surface area (Å²) < 4.78 is 0. The molecule has 0 bridgehead atoms. The lowest BCUT2D eigenvalue weighted by Crippen LogP contribution is -2.51. The van der Waals surface area contributed by atoms with E-state index in [1.54, 1.807) is 0 Å². The van der Waals surface area contributed by atoms with Crippen LogP contribution in [0.1, 0.15) is 39.5 Å². The first-order chi connectivity index (χ1) is 8.91. The Bertz CT molecular complexity index is 320. The van der Waals surface area contributed by atoms with Gasteiger partial charge in [0.05, 0.1) is 24.7 Å². The minimum Gasteiger partial charge on any atom is -0.391 e. The molecule has 0 aromatic heterocycles. The van der Waals surface area contributed by atoms with E-state index in [9.17, 15) is 14.7 Å². The Morgan fingerprint density at radius 2 is 1.95 bits per heavy atom. The van der Waals surface area contributed by atoms with Crippen molar-refractivity contribution in [1.82, 2.24) is 10.6 Å². The molecule has 1 fully saturated rings. The van der Waals surface area contributed by atoms with Gasteiger partial charge in [-0.05, 0) is 18.8 Å². The Morgan fingerprint density at radius 1 is 1.32 bits per heavy atom. The highest BCUT2D eigenvalue weighted by atomic mass is 16.3. The molecule has 0 heterocycles. The van der Waals surface area contributed by atoms with Gasteiger partial charge in [0, 0.05) is 0 Å². The number of amides is 2. The molecule has 2 amide bonds. The van der Waals surface area contributed by atoms with Crippen molar-refractivity contribution in [3.63, 3.8) is 0 Å². The van der Waals surface area contributed by atoms with E-state index < -0.39 is 12.1 Å². The minimum absolute atomic E-state index is 0.0308. The quantitative estimate of drug-likeness (QED) is 0.541. The molecule has 1 saturated carbocycles. The van der Waals surface area contributed by atoms with E-state index in [-0.39, 0.29) is 30.3 Å². The first-order valence-electron chi connectivity index (χ1n) is 6.92. The van der Waals surface area contributed by atoms with Gasteiger partial charge in [-0.1, -0.05) is 26.7 Å². The van der Waals surface area contributed by atoms with Gasteiger partial charge >= 0.3 is 0 Å². The van der Waals surface area contributed by atoms with E-state index in [0.717, 1.165) is 25.7 Å². The molecule has 5 N–H and O–H groups in total. The number of carbonyl (C=O) groups excluding carboxylic acids is 2. The fourth-order valence-corrected chi connectivity index (χ4v) is 2.13. The third kappa shape index (κ3) is 5.16. The Kier molecular flexibility index (Phi) is 6.24. The van der Waals surface area contributed by atoms with Crippen LogP contribution in [0.5, 0.6) is 0 Å². The number of aliphatic hydroxyl groups excluding tert-OH is 1. The molecule has 0 saturated heterocycles. The van der Waals surface area contributed by atoms with Crippen molar-refractivity contribution < 1.29 is 14.7 Å². The summed E-state index contributed by atoms with van der Waals surface area (Å²) in [7, 11) is 0. The van der Waals surface area contributed by atoms with Gasteiger partial charge in [-0.25, -0.2) is 0 Å². The van der Waals surface area contributed by atoms with Crippen LogP contribution in [0.4, 0.5) is 0 Å². The van der Waals surface area contributed by atoms with Crippen LogP contribution in [-0.4, -0.2) is 41.7 Å². The van der Waals surface area contributed by atoms with Crippen LogP contribution in [0.25, 0.3) is 0 Å². The zero-order valence-electron chi connectivity index (χ0n) is 11.7.